The van der Waals surface area contributed by atoms with E-state index in [9.17, 15) is 9.59 Å². The van der Waals surface area contributed by atoms with Crippen LogP contribution in [-0.4, -0.2) is 42.0 Å². The molecule has 2 aliphatic heterocycles. The van der Waals surface area contributed by atoms with Gasteiger partial charge in [-0.3, -0.25) is 9.59 Å². The van der Waals surface area contributed by atoms with Gasteiger partial charge in [0.05, 0.1) is 5.56 Å². The average Bonchev–Trinajstić information content (AvgIpc) is 3.06. The lowest BCUT2D eigenvalue weighted by Gasteiger charge is -2.34. The fourth-order valence-electron chi connectivity index (χ4n) is 3.95. The molecule has 1 aromatic carbocycles. The molecule has 25 heavy (non-hydrogen) atoms. The van der Waals surface area contributed by atoms with Crippen molar-refractivity contribution >= 4 is 11.6 Å². The number of piperidine rings is 1. The Kier molecular flexibility index (Phi) is 4.30. The number of benzene rings is 1. The van der Waals surface area contributed by atoms with Crippen LogP contribution in [0.4, 0.5) is 5.69 Å². The molecule has 2 aromatic rings. The van der Waals surface area contributed by atoms with E-state index in [1.54, 1.807) is 6.07 Å². The minimum Gasteiger partial charge on any atom is -0.371 e. The lowest BCUT2D eigenvalue weighted by molar-refractivity contribution is 0.0692. The van der Waals surface area contributed by atoms with Crippen LogP contribution in [0.1, 0.15) is 28.8 Å². The van der Waals surface area contributed by atoms with Crippen molar-refractivity contribution in [3.8, 4) is 0 Å². The van der Waals surface area contributed by atoms with E-state index >= 15 is 0 Å². The molecule has 1 fully saturated rings. The maximum absolute atomic E-state index is 12.5. The van der Waals surface area contributed by atoms with Crippen LogP contribution in [0.5, 0.6) is 0 Å². The van der Waals surface area contributed by atoms with Gasteiger partial charge in [-0.1, -0.05) is 18.2 Å². The normalized spacial score (nSPS) is 17.6. The smallest absolute Gasteiger partial charge is 0.255 e. The molecule has 1 N–H and O–H groups in total. The van der Waals surface area contributed by atoms with Gasteiger partial charge in [-0.2, -0.15) is 0 Å². The van der Waals surface area contributed by atoms with E-state index in [2.05, 4.69) is 34.1 Å². The van der Waals surface area contributed by atoms with Gasteiger partial charge in [0, 0.05) is 44.1 Å². The molecule has 0 unspecified atom stereocenters. The number of carbonyl (C=O) groups is 1. The molecule has 1 saturated heterocycles. The van der Waals surface area contributed by atoms with Gasteiger partial charge in [0.1, 0.15) is 0 Å². The van der Waals surface area contributed by atoms with Gasteiger partial charge in [0.25, 0.3) is 5.91 Å². The standard InChI is InChI=1S/C20H23N3O2/c24-19-6-5-17(13-21-19)20(25)22-10-7-15(8-11-22)14-23-12-9-16-3-1-2-4-18(16)23/h1-6,13,15H,7-12,14H2,(H,21,24). The molecule has 0 atom stereocenters. The van der Waals surface area contributed by atoms with Crippen molar-refractivity contribution in [2.75, 3.05) is 31.1 Å². The predicted octanol–water partition coefficient (Wildman–Crippen LogP) is 2.29. The monoisotopic (exact) mass is 337 g/mol. The lowest BCUT2D eigenvalue weighted by atomic mass is 9.95. The Labute approximate surface area is 147 Å². The van der Waals surface area contributed by atoms with E-state index in [0.717, 1.165) is 45.4 Å². The molecule has 2 aliphatic rings. The summed E-state index contributed by atoms with van der Waals surface area (Å²) >= 11 is 0. The van der Waals surface area contributed by atoms with Crippen LogP contribution in [0.15, 0.2) is 47.4 Å². The summed E-state index contributed by atoms with van der Waals surface area (Å²) < 4.78 is 0. The number of rotatable bonds is 3. The minimum absolute atomic E-state index is 0.0150. The molecule has 3 heterocycles. The van der Waals surface area contributed by atoms with Crippen molar-refractivity contribution in [3.63, 3.8) is 0 Å². The number of hydrogen-bond acceptors (Lipinski definition) is 3. The molecule has 1 aromatic heterocycles. The highest BCUT2D eigenvalue weighted by molar-refractivity contribution is 5.93. The summed E-state index contributed by atoms with van der Waals surface area (Å²) in [6, 6.07) is 11.7. The maximum atomic E-state index is 12.5. The maximum Gasteiger partial charge on any atom is 0.255 e. The van der Waals surface area contributed by atoms with Crippen LogP contribution in [0, 0.1) is 5.92 Å². The van der Waals surface area contributed by atoms with Crippen molar-refractivity contribution in [2.45, 2.75) is 19.3 Å². The molecule has 0 spiro atoms. The number of nitrogens with one attached hydrogen (secondary N) is 1. The summed E-state index contributed by atoms with van der Waals surface area (Å²) in [6.07, 6.45) is 4.72. The Bertz CT molecular complexity index is 801. The summed E-state index contributed by atoms with van der Waals surface area (Å²) in [4.78, 5) is 30.6. The van der Waals surface area contributed by atoms with Gasteiger partial charge < -0.3 is 14.8 Å². The molecule has 4 rings (SSSR count). The van der Waals surface area contributed by atoms with Crippen LogP contribution in [0.2, 0.25) is 0 Å². The molecule has 0 aliphatic carbocycles. The Morgan fingerprint density at radius 3 is 2.64 bits per heavy atom. The largest absolute Gasteiger partial charge is 0.371 e. The third-order valence-corrected chi connectivity index (χ3v) is 5.39. The van der Waals surface area contributed by atoms with Crippen LogP contribution in [-0.2, 0) is 6.42 Å². The minimum atomic E-state index is -0.179. The predicted molar refractivity (Wildman–Crippen MR) is 98.0 cm³/mol. The molecule has 5 nitrogen and oxygen atoms in total. The molecule has 1 amide bonds. The second kappa shape index (κ2) is 6.75. The number of hydrogen-bond donors (Lipinski definition) is 1. The zero-order valence-electron chi connectivity index (χ0n) is 14.3. The third-order valence-electron chi connectivity index (χ3n) is 5.39. The summed E-state index contributed by atoms with van der Waals surface area (Å²) in [6.45, 7) is 3.77. The van der Waals surface area contributed by atoms with Crippen LogP contribution in [0.25, 0.3) is 0 Å². The Hall–Kier alpha value is -2.56. The molecule has 130 valence electrons. The second-order valence-corrected chi connectivity index (χ2v) is 7.00. The molecule has 5 heteroatoms. The number of aromatic nitrogens is 1. The van der Waals surface area contributed by atoms with E-state index in [4.69, 9.17) is 0 Å². The summed E-state index contributed by atoms with van der Waals surface area (Å²) in [5.41, 5.74) is 3.22. The van der Waals surface area contributed by atoms with Gasteiger partial charge in [-0.25, -0.2) is 0 Å². The van der Waals surface area contributed by atoms with E-state index < -0.39 is 0 Å². The highest BCUT2D eigenvalue weighted by Crippen LogP contribution is 2.30. The average molecular weight is 337 g/mol. The third kappa shape index (κ3) is 3.31. The number of carbonyl (C=O) groups excluding carboxylic acids is 1. The first-order chi connectivity index (χ1) is 12.2. The molecular weight excluding hydrogens is 314 g/mol. The first-order valence-electron chi connectivity index (χ1n) is 9.01. The number of H-pyrrole nitrogens is 1. The van der Waals surface area contributed by atoms with Crippen molar-refractivity contribution in [2.24, 2.45) is 5.92 Å². The topological polar surface area (TPSA) is 56.4 Å². The molecule has 0 radical (unpaired) electrons. The first-order valence-corrected chi connectivity index (χ1v) is 9.01. The molecule has 0 bridgehead atoms. The Morgan fingerprint density at radius 1 is 1.08 bits per heavy atom. The van der Waals surface area contributed by atoms with Crippen LogP contribution < -0.4 is 10.5 Å². The summed E-state index contributed by atoms with van der Waals surface area (Å²) in [5.74, 6) is 0.645. The fraction of sp³-hybridized carbons (Fsp3) is 0.400. The number of nitrogens with zero attached hydrogens (tertiary/aromatic N) is 2. The van der Waals surface area contributed by atoms with E-state index in [1.165, 1.54) is 23.5 Å². The SMILES string of the molecule is O=C(c1ccc(=O)[nH]c1)N1CCC(CN2CCc3ccccc32)CC1. The second-order valence-electron chi connectivity index (χ2n) is 7.00. The zero-order valence-corrected chi connectivity index (χ0v) is 14.3. The number of para-hydroxylation sites is 1. The number of pyridine rings is 1. The van der Waals surface area contributed by atoms with Gasteiger partial charge in [-0.15, -0.1) is 0 Å². The van der Waals surface area contributed by atoms with Gasteiger partial charge in [-0.05, 0) is 42.9 Å². The van der Waals surface area contributed by atoms with Gasteiger partial charge in [0.2, 0.25) is 5.56 Å². The summed E-state index contributed by atoms with van der Waals surface area (Å²) in [5, 5.41) is 0. The van der Waals surface area contributed by atoms with Gasteiger partial charge in [0.15, 0.2) is 0 Å². The Balaban J connectivity index is 1.34. The molecular formula is C20H23N3O2. The highest BCUT2D eigenvalue weighted by Gasteiger charge is 2.27. The van der Waals surface area contributed by atoms with E-state index in [-0.39, 0.29) is 11.5 Å². The number of amides is 1. The lowest BCUT2D eigenvalue weighted by Crippen LogP contribution is -2.41. The van der Waals surface area contributed by atoms with E-state index in [1.807, 2.05) is 4.90 Å². The van der Waals surface area contributed by atoms with Crippen molar-refractivity contribution in [3.05, 3.63) is 64.1 Å². The van der Waals surface area contributed by atoms with Crippen molar-refractivity contribution in [1.82, 2.24) is 9.88 Å². The zero-order chi connectivity index (χ0) is 17.2. The summed E-state index contributed by atoms with van der Waals surface area (Å²) in [7, 11) is 0. The van der Waals surface area contributed by atoms with Crippen LogP contribution >= 0.6 is 0 Å². The van der Waals surface area contributed by atoms with Gasteiger partial charge >= 0.3 is 0 Å². The Morgan fingerprint density at radius 2 is 1.88 bits per heavy atom. The van der Waals surface area contributed by atoms with Crippen LogP contribution in [0.3, 0.4) is 0 Å². The first kappa shape index (κ1) is 15.9. The van der Waals surface area contributed by atoms with Crippen molar-refractivity contribution < 1.29 is 4.79 Å². The number of anilines is 1. The van der Waals surface area contributed by atoms with E-state index in [0.29, 0.717) is 11.5 Å². The number of fused-ring (bicyclic) bond motifs is 1. The number of likely N-dealkylation sites (tertiary alicyclic amines) is 1. The van der Waals surface area contributed by atoms with Crippen molar-refractivity contribution in [1.29, 1.82) is 0 Å². The fourth-order valence-corrected chi connectivity index (χ4v) is 3.95. The molecule has 0 saturated carbocycles. The number of aromatic amines is 1. The highest BCUT2D eigenvalue weighted by atomic mass is 16.2. The quantitative estimate of drug-likeness (QED) is 0.935.